The van der Waals surface area contributed by atoms with Gasteiger partial charge in [-0.2, -0.15) is 0 Å². The molecule has 14 heavy (non-hydrogen) atoms. The molecule has 0 unspecified atom stereocenters. The second-order valence-electron chi connectivity index (χ2n) is 2.38. The number of halogens is 4. The first-order valence-electron chi connectivity index (χ1n) is 3.35. The highest BCUT2D eigenvalue weighted by Crippen LogP contribution is 2.39. The molecule has 0 saturated heterocycles. The van der Waals surface area contributed by atoms with Crippen molar-refractivity contribution in [2.45, 2.75) is 4.84 Å². The van der Waals surface area contributed by atoms with Crippen molar-refractivity contribution in [3.63, 3.8) is 0 Å². The summed E-state index contributed by atoms with van der Waals surface area (Å²) in [7, 11) is 0. The zero-order valence-corrected chi connectivity index (χ0v) is 9.53. The van der Waals surface area contributed by atoms with Crippen LogP contribution in [0.15, 0.2) is 12.1 Å². The molecular weight excluding hydrogens is 272 g/mol. The summed E-state index contributed by atoms with van der Waals surface area (Å²) in [4.78, 5) is 8.94. The van der Waals surface area contributed by atoms with Crippen molar-refractivity contribution in [3.05, 3.63) is 37.9 Å². The summed E-state index contributed by atoms with van der Waals surface area (Å²) in [6, 6.07) is 2.58. The van der Waals surface area contributed by atoms with Gasteiger partial charge in [0.05, 0.1) is 10.5 Å². The van der Waals surface area contributed by atoms with E-state index in [1.165, 1.54) is 12.1 Å². The number of hydrogen-bond acceptors (Lipinski definition) is 2. The molecule has 1 aromatic rings. The Balaban J connectivity index is 3.44. The molecule has 0 spiro atoms. The summed E-state index contributed by atoms with van der Waals surface area (Å²) < 4.78 is 0. The van der Waals surface area contributed by atoms with Gasteiger partial charge in [-0.15, -0.1) is 0 Å². The molecule has 0 bridgehead atoms. The summed E-state index contributed by atoms with van der Waals surface area (Å²) >= 11 is 22.4. The molecule has 3 nitrogen and oxygen atoms in total. The normalized spacial score (nSPS) is 10.6. The van der Waals surface area contributed by atoms with E-state index in [4.69, 9.17) is 46.4 Å². The number of benzene rings is 1. The Morgan fingerprint density at radius 1 is 1.29 bits per heavy atom. The average Bonchev–Trinajstić information content (AvgIpc) is 2.01. The van der Waals surface area contributed by atoms with Gasteiger partial charge in [-0.3, -0.25) is 10.1 Å². The maximum absolute atomic E-state index is 10.6. The first kappa shape index (κ1) is 11.9. The number of nitrogens with zero attached hydrogens (tertiary/aromatic N) is 1. The van der Waals surface area contributed by atoms with Gasteiger partial charge in [-0.25, -0.2) is 0 Å². The first-order chi connectivity index (χ1) is 6.43. The Bertz CT molecular complexity index is 380. The van der Waals surface area contributed by atoms with Crippen LogP contribution in [-0.4, -0.2) is 4.92 Å². The van der Waals surface area contributed by atoms with Crippen molar-refractivity contribution in [1.82, 2.24) is 0 Å². The average molecular weight is 275 g/mol. The third-order valence-corrected chi connectivity index (χ3v) is 2.45. The van der Waals surface area contributed by atoms with E-state index in [-0.39, 0.29) is 21.3 Å². The van der Waals surface area contributed by atoms with E-state index in [2.05, 4.69) is 0 Å². The van der Waals surface area contributed by atoms with Crippen LogP contribution in [0.2, 0.25) is 10.0 Å². The fraction of sp³-hybridized carbons (Fsp3) is 0.143. The van der Waals surface area contributed by atoms with E-state index < -0.39 is 9.76 Å². The molecule has 0 amide bonds. The van der Waals surface area contributed by atoms with Crippen LogP contribution >= 0.6 is 46.4 Å². The fourth-order valence-corrected chi connectivity index (χ4v) is 1.86. The zero-order chi connectivity index (χ0) is 10.9. The molecule has 7 heteroatoms. The monoisotopic (exact) mass is 273 g/mol. The van der Waals surface area contributed by atoms with E-state index in [1.54, 1.807) is 0 Å². The van der Waals surface area contributed by atoms with E-state index in [0.717, 1.165) is 0 Å². The Morgan fingerprint density at radius 3 is 2.29 bits per heavy atom. The van der Waals surface area contributed by atoms with Gasteiger partial charge >= 0.3 is 0 Å². The van der Waals surface area contributed by atoms with Crippen LogP contribution in [0.3, 0.4) is 0 Å². The van der Waals surface area contributed by atoms with Gasteiger partial charge in [0.2, 0.25) is 0 Å². The van der Waals surface area contributed by atoms with Gasteiger partial charge in [0.1, 0.15) is 9.86 Å². The molecule has 1 aromatic carbocycles. The SMILES string of the molecule is O=[N+]([O-])c1c(Cl)cc(Cl)cc1C(Cl)Cl. The molecule has 0 aliphatic heterocycles. The number of hydrogen-bond donors (Lipinski definition) is 0. The number of alkyl halides is 2. The van der Waals surface area contributed by atoms with Crippen molar-refractivity contribution in [1.29, 1.82) is 0 Å². The van der Waals surface area contributed by atoms with Crippen molar-refractivity contribution in [2.24, 2.45) is 0 Å². The third kappa shape index (κ3) is 2.42. The summed E-state index contributed by atoms with van der Waals surface area (Å²) in [5, 5.41) is 10.8. The van der Waals surface area contributed by atoms with Crippen LogP contribution in [0.4, 0.5) is 5.69 Å². The van der Waals surface area contributed by atoms with Crippen LogP contribution in [0, 0.1) is 10.1 Å². The summed E-state index contributed by atoms with van der Waals surface area (Å²) in [5.41, 5.74) is -0.220. The number of nitro benzene ring substituents is 1. The summed E-state index contributed by atoms with van der Waals surface area (Å²) in [6.45, 7) is 0. The van der Waals surface area contributed by atoms with Crippen LogP contribution in [0.25, 0.3) is 0 Å². The summed E-state index contributed by atoms with van der Waals surface area (Å²) in [6.07, 6.45) is 0. The third-order valence-electron chi connectivity index (χ3n) is 1.48. The van der Waals surface area contributed by atoms with Gasteiger partial charge < -0.3 is 0 Å². The molecule has 0 aliphatic carbocycles. The number of rotatable bonds is 2. The maximum Gasteiger partial charge on any atom is 0.293 e. The molecule has 0 aromatic heterocycles. The predicted molar refractivity (Wildman–Crippen MR) is 57.6 cm³/mol. The van der Waals surface area contributed by atoms with E-state index in [9.17, 15) is 10.1 Å². The van der Waals surface area contributed by atoms with Crippen molar-refractivity contribution >= 4 is 52.1 Å². The van der Waals surface area contributed by atoms with Gasteiger partial charge in [0.15, 0.2) is 0 Å². The van der Waals surface area contributed by atoms with Crippen molar-refractivity contribution in [2.75, 3.05) is 0 Å². The Hall–Kier alpha value is -0.220. The van der Waals surface area contributed by atoms with Gasteiger partial charge in [0.25, 0.3) is 5.69 Å². The molecule has 0 heterocycles. The Morgan fingerprint density at radius 2 is 1.86 bits per heavy atom. The molecule has 0 N–H and O–H groups in total. The minimum atomic E-state index is -1.04. The lowest BCUT2D eigenvalue weighted by molar-refractivity contribution is -0.385. The summed E-state index contributed by atoms with van der Waals surface area (Å²) in [5.74, 6) is 0. The quantitative estimate of drug-likeness (QED) is 0.456. The first-order valence-corrected chi connectivity index (χ1v) is 4.98. The van der Waals surface area contributed by atoms with Crippen LogP contribution in [0.1, 0.15) is 10.4 Å². The molecule has 0 atom stereocenters. The second kappa shape index (κ2) is 4.53. The molecule has 1 rings (SSSR count). The van der Waals surface area contributed by atoms with Gasteiger partial charge in [-0.05, 0) is 12.1 Å². The standard InChI is InChI=1S/C7H3Cl4NO2/c8-3-1-4(7(10)11)6(12(13)14)5(9)2-3/h1-2,7H. The molecule has 0 radical (unpaired) electrons. The molecule has 76 valence electrons. The largest absolute Gasteiger partial charge is 0.293 e. The van der Waals surface area contributed by atoms with E-state index in [1.807, 2.05) is 0 Å². The van der Waals surface area contributed by atoms with Gasteiger partial charge in [-0.1, -0.05) is 46.4 Å². The number of nitro groups is 1. The zero-order valence-electron chi connectivity index (χ0n) is 6.51. The maximum atomic E-state index is 10.6. The lowest BCUT2D eigenvalue weighted by Crippen LogP contribution is -1.96. The van der Waals surface area contributed by atoms with Crippen LogP contribution in [0.5, 0.6) is 0 Å². The van der Waals surface area contributed by atoms with E-state index >= 15 is 0 Å². The smallest absolute Gasteiger partial charge is 0.258 e. The fourth-order valence-electron chi connectivity index (χ4n) is 0.945. The van der Waals surface area contributed by atoms with Crippen molar-refractivity contribution in [3.8, 4) is 0 Å². The highest BCUT2D eigenvalue weighted by Gasteiger charge is 2.23. The Kier molecular flexibility index (Phi) is 3.84. The minimum absolute atomic E-state index is 0.0798. The predicted octanol–water partition coefficient (Wildman–Crippen LogP) is 4.38. The molecule has 0 fully saturated rings. The van der Waals surface area contributed by atoms with E-state index in [0.29, 0.717) is 0 Å². The molecular formula is C7H3Cl4NO2. The van der Waals surface area contributed by atoms with Gasteiger partial charge in [0, 0.05) is 5.02 Å². The van der Waals surface area contributed by atoms with Crippen molar-refractivity contribution < 1.29 is 4.92 Å². The highest BCUT2D eigenvalue weighted by molar-refractivity contribution is 6.45. The Labute approximate surface area is 99.7 Å². The van der Waals surface area contributed by atoms with Crippen LogP contribution < -0.4 is 0 Å². The lowest BCUT2D eigenvalue weighted by Gasteiger charge is -2.05. The highest BCUT2D eigenvalue weighted by atomic mass is 35.5. The topological polar surface area (TPSA) is 43.1 Å². The molecule has 0 saturated carbocycles. The minimum Gasteiger partial charge on any atom is -0.258 e. The van der Waals surface area contributed by atoms with Crippen LogP contribution in [-0.2, 0) is 0 Å². The second-order valence-corrected chi connectivity index (χ2v) is 4.32. The lowest BCUT2D eigenvalue weighted by atomic mass is 10.2. The molecule has 0 aliphatic rings.